The molecule has 3 heterocycles. The molecule has 43 heavy (non-hydrogen) atoms. The van der Waals surface area contributed by atoms with E-state index in [9.17, 15) is 13.2 Å². The second-order valence-electron chi connectivity index (χ2n) is 11.4. The number of piperazine rings is 1. The molecule has 1 amide bonds. The Morgan fingerprint density at radius 2 is 1.88 bits per heavy atom. The Morgan fingerprint density at radius 3 is 2.67 bits per heavy atom. The highest BCUT2D eigenvalue weighted by Crippen LogP contribution is 2.38. The smallest absolute Gasteiger partial charge is 0.410 e. The highest BCUT2D eigenvalue weighted by atomic mass is 32.2. The van der Waals surface area contributed by atoms with Gasteiger partial charge in [0.15, 0.2) is 0 Å². The van der Waals surface area contributed by atoms with Crippen LogP contribution in [0.2, 0.25) is 0 Å². The number of nitrogens with zero attached hydrogens (tertiary/aromatic N) is 5. The molecule has 1 unspecified atom stereocenters. The van der Waals surface area contributed by atoms with Gasteiger partial charge in [-0.3, -0.25) is 4.90 Å². The quantitative estimate of drug-likeness (QED) is 0.304. The maximum atomic E-state index is 13.0. The number of amides is 1. The Morgan fingerprint density at radius 1 is 1.07 bits per heavy atom. The highest BCUT2D eigenvalue weighted by molar-refractivity contribution is 7.90. The molecule has 1 saturated heterocycles. The largest absolute Gasteiger partial charge is 0.445 e. The van der Waals surface area contributed by atoms with Crippen molar-refractivity contribution >= 4 is 21.7 Å². The van der Waals surface area contributed by atoms with E-state index in [-0.39, 0.29) is 31.0 Å². The van der Waals surface area contributed by atoms with Gasteiger partial charge in [-0.1, -0.05) is 48.5 Å². The van der Waals surface area contributed by atoms with Gasteiger partial charge in [0.25, 0.3) is 0 Å². The van der Waals surface area contributed by atoms with E-state index in [0.29, 0.717) is 37.6 Å². The summed E-state index contributed by atoms with van der Waals surface area (Å²) in [7, 11) is -3.70. The Balaban J connectivity index is 1.26. The van der Waals surface area contributed by atoms with Gasteiger partial charge < -0.3 is 19.2 Å². The topological polar surface area (TPSA) is 106 Å². The number of carbonyl (C=O) groups excluding carboxylic acids is 1. The van der Waals surface area contributed by atoms with Crippen molar-refractivity contribution in [1.82, 2.24) is 14.9 Å². The van der Waals surface area contributed by atoms with Crippen LogP contribution < -0.4 is 4.90 Å². The number of anilines is 1. The summed E-state index contributed by atoms with van der Waals surface area (Å²) in [6.45, 7) is 9.01. The Labute approximate surface area is 252 Å². The number of ether oxygens (including phenoxy) is 2. The van der Waals surface area contributed by atoms with E-state index in [1.54, 1.807) is 4.90 Å². The summed E-state index contributed by atoms with van der Waals surface area (Å²) in [5, 5.41) is -0.219. The van der Waals surface area contributed by atoms with E-state index in [1.807, 2.05) is 35.2 Å². The number of aryl methyl sites for hydroxylation is 1. The summed E-state index contributed by atoms with van der Waals surface area (Å²) in [6.07, 6.45) is 5.28. The van der Waals surface area contributed by atoms with Gasteiger partial charge in [0, 0.05) is 37.9 Å². The maximum absolute atomic E-state index is 13.0. The van der Waals surface area contributed by atoms with Crippen LogP contribution in [-0.4, -0.2) is 67.9 Å². The van der Waals surface area contributed by atoms with Crippen molar-refractivity contribution in [1.29, 1.82) is 0 Å². The highest BCUT2D eigenvalue weighted by Gasteiger charge is 2.37. The van der Waals surface area contributed by atoms with E-state index >= 15 is 0 Å². The number of aromatic nitrogens is 2. The minimum absolute atomic E-state index is 0.0842. The number of rotatable bonds is 6. The number of carbonyl (C=O) groups is 1. The first-order valence-electron chi connectivity index (χ1n) is 14.7. The molecule has 0 bridgehead atoms. The lowest BCUT2D eigenvalue weighted by atomic mass is 9.85. The molecule has 0 saturated carbocycles. The average Bonchev–Trinajstić information content (AvgIpc) is 3.02. The van der Waals surface area contributed by atoms with Crippen LogP contribution in [0, 0.1) is 6.57 Å². The Hall–Kier alpha value is -4.01. The van der Waals surface area contributed by atoms with E-state index in [1.165, 1.54) is 17.5 Å². The van der Waals surface area contributed by atoms with Crippen LogP contribution in [0.5, 0.6) is 0 Å². The second kappa shape index (κ2) is 12.3. The molecule has 2 aliphatic heterocycles. The molecule has 10 nitrogen and oxygen atoms in total. The van der Waals surface area contributed by atoms with Crippen molar-refractivity contribution in [3.63, 3.8) is 0 Å². The van der Waals surface area contributed by atoms with Crippen LogP contribution in [0.15, 0.2) is 53.7 Å². The van der Waals surface area contributed by atoms with Crippen LogP contribution in [0.1, 0.15) is 52.5 Å². The molecule has 3 aliphatic rings. The summed E-state index contributed by atoms with van der Waals surface area (Å²) >= 11 is 0. The van der Waals surface area contributed by atoms with Crippen molar-refractivity contribution in [2.45, 2.75) is 62.6 Å². The predicted molar refractivity (Wildman–Crippen MR) is 160 cm³/mol. The van der Waals surface area contributed by atoms with Crippen LogP contribution >= 0.6 is 0 Å². The summed E-state index contributed by atoms with van der Waals surface area (Å²) in [6, 6.07) is 15.4. The number of fused-ring (bicyclic) bond motifs is 2. The third kappa shape index (κ3) is 6.21. The molecule has 1 fully saturated rings. The van der Waals surface area contributed by atoms with Gasteiger partial charge in [-0.15, -0.1) is 0 Å². The molecule has 224 valence electrons. The zero-order valence-corrected chi connectivity index (χ0v) is 25.1. The van der Waals surface area contributed by atoms with Gasteiger partial charge in [0.2, 0.25) is 21.5 Å². The molecule has 0 spiro atoms. The first-order chi connectivity index (χ1) is 20.8. The van der Waals surface area contributed by atoms with Crippen molar-refractivity contribution < 1.29 is 22.7 Å². The van der Waals surface area contributed by atoms with Crippen LogP contribution in [0.4, 0.5) is 10.6 Å². The fourth-order valence-corrected chi connectivity index (χ4v) is 6.85. The number of benzene rings is 2. The van der Waals surface area contributed by atoms with Gasteiger partial charge in [0.1, 0.15) is 18.5 Å². The van der Waals surface area contributed by atoms with E-state index in [4.69, 9.17) is 16.0 Å². The number of sulfone groups is 1. The summed E-state index contributed by atoms with van der Waals surface area (Å²) < 4.78 is 37.4. The lowest BCUT2D eigenvalue weighted by molar-refractivity contribution is 0.0248. The first-order valence-corrected chi connectivity index (χ1v) is 16.6. The van der Waals surface area contributed by atoms with Crippen molar-refractivity contribution in [2.24, 2.45) is 0 Å². The molecule has 1 aliphatic carbocycles. The Kier molecular flexibility index (Phi) is 8.32. The van der Waals surface area contributed by atoms with Crippen molar-refractivity contribution in [3.05, 3.63) is 93.5 Å². The third-order valence-electron chi connectivity index (χ3n) is 8.49. The lowest BCUT2D eigenvalue weighted by Crippen LogP contribution is -2.57. The molecule has 6 rings (SSSR count). The predicted octanol–water partition coefficient (Wildman–Crippen LogP) is 4.32. The van der Waals surface area contributed by atoms with Gasteiger partial charge in [-0.2, -0.15) is 0 Å². The summed E-state index contributed by atoms with van der Waals surface area (Å²) in [5.74, 6) is 0.492. The lowest BCUT2D eigenvalue weighted by Gasteiger charge is -2.40. The summed E-state index contributed by atoms with van der Waals surface area (Å²) in [5.41, 5.74) is 6.17. The molecule has 3 aromatic rings. The minimum Gasteiger partial charge on any atom is -0.445 e. The molecular weight excluding hydrogens is 566 g/mol. The molecule has 0 N–H and O–H groups in total. The van der Waals surface area contributed by atoms with E-state index < -0.39 is 22.0 Å². The fourth-order valence-electron chi connectivity index (χ4n) is 6.32. The standard InChI is InChI=1S/C32H35N5O5S/c1-33-18-24-19-36(15-16-37(24)32(38)42-20-22-9-4-3-5-10-22)30-27-21-41-29(17-28(27)34-31(35-30)43(2,39)40)26-14-8-12-23-11-6-7-13-25(23)26/h3-5,8-10,12,14,24,29H,6-7,11,13,15-21H2,2H3/t24-,29?/m0/s1. The van der Waals surface area contributed by atoms with Crippen LogP contribution in [0.25, 0.3) is 4.85 Å². The molecule has 2 atom stereocenters. The fraction of sp³-hybridized carbons (Fsp3) is 0.438. The van der Waals surface area contributed by atoms with Crippen molar-refractivity contribution in [3.8, 4) is 0 Å². The third-order valence-corrected chi connectivity index (χ3v) is 9.34. The number of hydrogen-bond acceptors (Lipinski definition) is 8. The molecular formula is C32H35N5O5S. The number of hydrogen-bond donors (Lipinski definition) is 0. The monoisotopic (exact) mass is 601 g/mol. The van der Waals surface area contributed by atoms with E-state index in [0.717, 1.165) is 42.2 Å². The second-order valence-corrected chi connectivity index (χ2v) is 13.3. The van der Waals surface area contributed by atoms with Gasteiger partial charge in [-0.05, 0) is 47.9 Å². The minimum atomic E-state index is -3.70. The van der Waals surface area contributed by atoms with Gasteiger partial charge in [-0.25, -0.2) is 29.8 Å². The normalized spacial score (nSPS) is 20.1. The average molecular weight is 602 g/mol. The van der Waals surface area contributed by atoms with Crippen molar-refractivity contribution in [2.75, 3.05) is 37.3 Å². The molecule has 1 aromatic heterocycles. The molecule has 2 aromatic carbocycles. The zero-order chi connectivity index (χ0) is 30.0. The summed E-state index contributed by atoms with van der Waals surface area (Å²) in [4.78, 5) is 29.2. The van der Waals surface area contributed by atoms with E-state index in [2.05, 4.69) is 33.0 Å². The van der Waals surface area contributed by atoms with Crippen LogP contribution in [0.3, 0.4) is 0 Å². The Bertz CT molecular complexity index is 1660. The molecule has 0 radical (unpaired) electrons. The SMILES string of the molecule is [C-]#[N+]C[C@H]1CN(c2nc(S(C)(=O)=O)nc3c2COC(c2cccc4c2CCCC4)C3)CCN1C(=O)OCc1ccccc1. The maximum Gasteiger partial charge on any atom is 0.410 e. The first kappa shape index (κ1) is 29.1. The van der Waals surface area contributed by atoms with Crippen LogP contribution in [-0.2, 0) is 51.8 Å². The van der Waals surface area contributed by atoms with Gasteiger partial charge in [0.05, 0.1) is 18.4 Å². The van der Waals surface area contributed by atoms with Gasteiger partial charge >= 0.3 is 6.09 Å². The molecule has 11 heteroatoms. The zero-order valence-electron chi connectivity index (χ0n) is 24.2.